The lowest BCUT2D eigenvalue weighted by molar-refractivity contribution is 0.696. The zero-order chi connectivity index (χ0) is 16.1. The highest BCUT2D eigenvalue weighted by Crippen LogP contribution is 2.39. The predicted molar refractivity (Wildman–Crippen MR) is 97.8 cm³/mol. The Morgan fingerprint density at radius 2 is 2.00 bits per heavy atom. The van der Waals surface area contributed by atoms with Crippen LogP contribution < -0.4 is 0 Å². The highest BCUT2D eigenvalue weighted by Gasteiger charge is 2.20. The molecule has 0 fully saturated rings. The fourth-order valence-electron chi connectivity index (χ4n) is 3.11. The molecule has 2 nitrogen and oxygen atoms in total. The van der Waals surface area contributed by atoms with Gasteiger partial charge in [0.1, 0.15) is 11.1 Å². The molecule has 0 saturated carbocycles. The first-order chi connectivity index (χ1) is 11.3. The van der Waals surface area contributed by atoms with Crippen molar-refractivity contribution < 1.29 is 0 Å². The molecule has 118 valence electrons. The lowest BCUT2D eigenvalue weighted by Crippen LogP contribution is -2.01. The van der Waals surface area contributed by atoms with Crippen LogP contribution in [0.2, 0.25) is 0 Å². The second-order valence-corrected chi connectivity index (χ2v) is 7.11. The minimum Gasteiger partial charge on any atom is -0.241 e. The van der Waals surface area contributed by atoms with Gasteiger partial charge in [-0.25, -0.2) is 4.99 Å². The molecule has 1 aliphatic carbocycles. The number of hydrogen-bond donors (Lipinski definition) is 0. The molecule has 0 atom stereocenters. The molecule has 1 aromatic heterocycles. The maximum absolute atomic E-state index is 9.61. The van der Waals surface area contributed by atoms with Gasteiger partial charge in [0.15, 0.2) is 0 Å². The van der Waals surface area contributed by atoms with Gasteiger partial charge in [-0.1, -0.05) is 43.7 Å². The lowest BCUT2D eigenvalue weighted by atomic mass is 9.96. The van der Waals surface area contributed by atoms with Crippen LogP contribution in [0.5, 0.6) is 0 Å². The van der Waals surface area contributed by atoms with Crippen molar-refractivity contribution in [3.8, 4) is 6.07 Å². The van der Waals surface area contributed by atoms with Crippen molar-refractivity contribution in [3.63, 3.8) is 0 Å². The number of aryl methyl sites for hydroxylation is 1. The van der Waals surface area contributed by atoms with Crippen LogP contribution in [0.15, 0.2) is 35.3 Å². The summed E-state index contributed by atoms with van der Waals surface area (Å²) in [6.45, 7) is 2.20. The molecule has 0 bridgehead atoms. The number of unbranched alkanes of at least 4 members (excludes halogenated alkanes) is 1. The van der Waals surface area contributed by atoms with Gasteiger partial charge >= 0.3 is 0 Å². The van der Waals surface area contributed by atoms with Crippen molar-refractivity contribution in [3.05, 3.63) is 51.9 Å². The quantitative estimate of drug-likeness (QED) is 0.640. The summed E-state index contributed by atoms with van der Waals surface area (Å²) in [5, 5.41) is 10.5. The van der Waals surface area contributed by atoms with E-state index in [0.717, 1.165) is 48.4 Å². The Labute approximate surface area is 142 Å². The number of fused-ring (bicyclic) bond motifs is 1. The number of thiophene rings is 1. The number of aliphatic imine (C=N–C) groups is 1. The van der Waals surface area contributed by atoms with Crippen molar-refractivity contribution in [2.75, 3.05) is 0 Å². The third-order valence-electron chi connectivity index (χ3n) is 4.38. The summed E-state index contributed by atoms with van der Waals surface area (Å²) in [6, 6.07) is 12.8. The Hall–Kier alpha value is -1.92. The molecule has 0 aliphatic heterocycles. The van der Waals surface area contributed by atoms with Gasteiger partial charge in [-0.15, -0.1) is 11.3 Å². The Kier molecular flexibility index (Phi) is 5.25. The van der Waals surface area contributed by atoms with Crippen LogP contribution in [-0.4, -0.2) is 5.71 Å². The van der Waals surface area contributed by atoms with E-state index < -0.39 is 0 Å². The first-order valence-corrected chi connectivity index (χ1v) is 9.32. The van der Waals surface area contributed by atoms with Gasteiger partial charge in [0.25, 0.3) is 0 Å². The molecule has 0 spiro atoms. The molecule has 2 aromatic rings. The summed E-state index contributed by atoms with van der Waals surface area (Å²) in [4.78, 5) is 6.34. The highest BCUT2D eigenvalue weighted by molar-refractivity contribution is 7.16. The molecule has 1 aliphatic rings. The molecule has 23 heavy (non-hydrogen) atoms. The largest absolute Gasteiger partial charge is 0.241 e. The smallest absolute Gasteiger partial charge is 0.134 e. The summed E-state index contributed by atoms with van der Waals surface area (Å²) in [6.07, 6.45) is 7.83. The van der Waals surface area contributed by atoms with Gasteiger partial charge in [0, 0.05) is 10.6 Å². The van der Waals surface area contributed by atoms with E-state index in [4.69, 9.17) is 4.99 Å². The van der Waals surface area contributed by atoms with Crippen molar-refractivity contribution >= 4 is 22.0 Å². The van der Waals surface area contributed by atoms with E-state index in [-0.39, 0.29) is 0 Å². The molecule has 0 amide bonds. The number of benzene rings is 1. The monoisotopic (exact) mass is 322 g/mol. The van der Waals surface area contributed by atoms with Crippen molar-refractivity contribution in [2.45, 2.75) is 51.9 Å². The normalized spacial score (nSPS) is 14.3. The molecule has 1 aromatic carbocycles. The van der Waals surface area contributed by atoms with Crippen LogP contribution in [-0.2, 0) is 12.8 Å². The predicted octanol–water partition coefficient (Wildman–Crippen LogP) is 5.81. The molecule has 0 radical (unpaired) electrons. The Bertz CT molecular complexity index is 735. The van der Waals surface area contributed by atoms with E-state index in [1.54, 1.807) is 11.3 Å². The van der Waals surface area contributed by atoms with Crippen LogP contribution in [0.4, 0.5) is 5.00 Å². The second kappa shape index (κ2) is 7.57. The summed E-state index contributed by atoms with van der Waals surface area (Å²) < 4.78 is 0. The summed E-state index contributed by atoms with van der Waals surface area (Å²) in [5.41, 5.74) is 4.39. The minimum atomic E-state index is 0.828. The van der Waals surface area contributed by atoms with Gasteiger partial charge in [0.05, 0.1) is 5.56 Å². The SMILES string of the molecule is CCCC/C(=N/c1sc2c(c1C#N)CCCC2)c1ccccc1. The van der Waals surface area contributed by atoms with Crippen LogP contribution in [0.25, 0.3) is 0 Å². The maximum atomic E-state index is 9.61. The van der Waals surface area contributed by atoms with Crippen LogP contribution in [0.3, 0.4) is 0 Å². The first-order valence-electron chi connectivity index (χ1n) is 8.51. The minimum absolute atomic E-state index is 0.828. The van der Waals surface area contributed by atoms with Gasteiger partial charge in [-0.05, 0) is 49.7 Å². The Balaban J connectivity index is 2.02. The lowest BCUT2D eigenvalue weighted by Gasteiger charge is -2.09. The average molecular weight is 322 g/mol. The molecule has 0 saturated heterocycles. The van der Waals surface area contributed by atoms with E-state index in [9.17, 15) is 5.26 Å². The van der Waals surface area contributed by atoms with Gasteiger partial charge in [-0.2, -0.15) is 5.26 Å². The number of rotatable bonds is 5. The van der Waals surface area contributed by atoms with Crippen molar-refractivity contribution in [1.82, 2.24) is 0 Å². The summed E-state index contributed by atoms with van der Waals surface area (Å²) in [5.74, 6) is 0. The fraction of sp³-hybridized carbons (Fsp3) is 0.400. The van der Waals surface area contributed by atoms with Crippen LogP contribution in [0, 0.1) is 11.3 Å². The fourth-order valence-corrected chi connectivity index (χ4v) is 4.34. The molecular weight excluding hydrogens is 300 g/mol. The third-order valence-corrected chi connectivity index (χ3v) is 5.56. The Morgan fingerprint density at radius 3 is 2.74 bits per heavy atom. The van der Waals surface area contributed by atoms with E-state index >= 15 is 0 Å². The molecule has 0 unspecified atom stereocenters. The standard InChI is InChI=1S/C20H22N2S/c1-2-3-12-18(15-9-5-4-6-10-15)22-20-17(14-21)16-11-7-8-13-19(16)23-20/h4-6,9-10H,2-3,7-8,11-13H2,1H3/b22-18-. The van der Waals surface area contributed by atoms with Gasteiger partial charge in [-0.3, -0.25) is 0 Å². The number of nitriles is 1. The van der Waals surface area contributed by atoms with E-state index in [2.05, 4.69) is 37.3 Å². The van der Waals surface area contributed by atoms with Crippen molar-refractivity contribution in [1.29, 1.82) is 5.26 Å². The van der Waals surface area contributed by atoms with E-state index in [0.29, 0.717) is 0 Å². The average Bonchev–Trinajstić information content (AvgIpc) is 2.96. The molecule has 3 heteroatoms. The van der Waals surface area contributed by atoms with E-state index in [1.165, 1.54) is 28.8 Å². The van der Waals surface area contributed by atoms with Crippen LogP contribution in [0.1, 0.15) is 60.6 Å². The van der Waals surface area contributed by atoms with E-state index in [1.807, 2.05) is 6.07 Å². The second-order valence-electron chi connectivity index (χ2n) is 6.03. The molecule has 0 N–H and O–H groups in total. The van der Waals surface area contributed by atoms with Crippen molar-refractivity contribution in [2.24, 2.45) is 4.99 Å². The maximum Gasteiger partial charge on any atom is 0.134 e. The van der Waals surface area contributed by atoms with Crippen LogP contribution >= 0.6 is 11.3 Å². The zero-order valence-corrected chi connectivity index (χ0v) is 14.5. The molecular formula is C20H22N2S. The molecule has 1 heterocycles. The van der Waals surface area contributed by atoms with Gasteiger partial charge < -0.3 is 0 Å². The Morgan fingerprint density at radius 1 is 1.22 bits per heavy atom. The summed E-state index contributed by atoms with van der Waals surface area (Å²) in [7, 11) is 0. The zero-order valence-electron chi connectivity index (χ0n) is 13.6. The first kappa shape index (κ1) is 16.0. The number of hydrogen-bond acceptors (Lipinski definition) is 3. The topological polar surface area (TPSA) is 36.1 Å². The summed E-state index contributed by atoms with van der Waals surface area (Å²) >= 11 is 1.73. The van der Waals surface area contributed by atoms with Gasteiger partial charge in [0.2, 0.25) is 0 Å². The third kappa shape index (κ3) is 3.54. The highest BCUT2D eigenvalue weighted by atomic mass is 32.1. The molecule has 3 rings (SSSR count). The number of nitrogens with zero attached hydrogens (tertiary/aromatic N) is 2.